The molecular weight excluding hydrogens is 574 g/mol. The zero-order valence-corrected chi connectivity index (χ0v) is 25.5. The molecule has 0 aromatic heterocycles. The van der Waals surface area contributed by atoms with Crippen LogP contribution in [0, 0.1) is 17.2 Å². The van der Waals surface area contributed by atoms with E-state index in [0.29, 0.717) is 32.1 Å². The number of hydrogen-bond acceptors (Lipinski definition) is 8. The van der Waals surface area contributed by atoms with Gasteiger partial charge < -0.3 is 20.3 Å². The Morgan fingerprint density at radius 2 is 1.81 bits per heavy atom. The largest absolute Gasteiger partial charge is 0.436 e. The topological polar surface area (TPSA) is 175 Å². The van der Waals surface area contributed by atoms with Gasteiger partial charge in [-0.15, -0.1) is 0 Å². The number of sulfonamides is 1. The van der Waals surface area contributed by atoms with Crippen LogP contribution < -0.4 is 15.4 Å². The first-order valence-corrected chi connectivity index (χ1v) is 16.1. The number of fused-ring (bicyclic) bond motifs is 2. The molecule has 4 amide bonds. The van der Waals surface area contributed by atoms with Crippen molar-refractivity contribution in [3.8, 4) is 6.07 Å². The Morgan fingerprint density at radius 1 is 1.09 bits per heavy atom. The number of carbonyl (C=O) groups excluding carboxylic acids is 4. The van der Waals surface area contributed by atoms with E-state index < -0.39 is 63.0 Å². The predicted octanol–water partition coefficient (Wildman–Crippen LogP) is 2.64. The average Bonchev–Trinajstić information content (AvgIpc) is 3.40. The van der Waals surface area contributed by atoms with Crippen LogP contribution in [-0.4, -0.2) is 66.9 Å². The maximum Gasteiger partial charge on any atom is 0.408 e. The Hall–Kier alpha value is -3.92. The van der Waals surface area contributed by atoms with Crippen molar-refractivity contribution in [1.82, 2.24) is 20.3 Å². The fourth-order valence-corrected chi connectivity index (χ4v) is 6.52. The second-order valence-electron chi connectivity index (χ2n) is 12.4. The molecule has 1 aromatic rings. The summed E-state index contributed by atoms with van der Waals surface area (Å²) in [5, 5.41) is 14.5. The lowest BCUT2D eigenvalue weighted by atomic mass is 10.1. The van der Waals surface area contributed by atoms with Crippen LogP contribution in [-0.2, 0) is 29.1 Å². The molecule has 0 unspecified atom stereocenters. The van der Waals surface area contributed by atoms with Crippen LogP contribution in [0.25, 0.3) is 0 Å². The molecule has 4 rings (SSSR count). The highest BCUT2D eigenvalue weighted by Crippen LogP contribution is 2.45. The molecule has 43 heavy (non-hydrogen) atoms. The minimum Gasteiger partial charge on any atom is -0.436 e. The fourth-order valence-electron chi connectivity index (χ4n) is 5.48. The van der Waals surface area contributed by atoms with E-state index in [1.807, 2.05) is 18.2 Å². The normalized spacial score (nSPS) is 26.5. The second kappa shape index (κ2) is 12.8. The third-order valence-corrected chi connectivity index (χ3v) is 9.18. The Morgan fingerprint density at radius 3 is 2.49 bits per heavy atom. The van der Waals surface area contributed by atoms with E-state index in [1.54, 1.807) is 20.8 Å². The SMILES string of the molecule is CC(C)(C)NC(=O)O[C@H]1CCCCCC=C[C@@H]2C[C@@]2(C(=O)NS(=O)(=O)c2ccc(C#N)cc2)NC(=O)[C@@H]2CCCN2C1=O. The monoisotopic (exact) mass is 613 g/mol. The van der Waals surface area contributed by atoms with Gasteiger partial charge in [0.25, 0.3) is 21.8 Å². The molecule has 4 atom stereocenters. The van der Waals surface area contributed by atoms with Gasteiger partial charge in [-0.2, -0.15) is 5.26 Å². The molecule has 12 nitrogen and oxygen atoms in total. The van der Waals surface area contributed by atoms with Gasteiger partial charge in [0, 0.05) is 18.0 Å². The number of ether oxygens (including phenoxy) is 1. The Bertz CT molecular complexity index is 1430. The third kappa shape index (κ3) is 7.73. The molecule has 2 fully saturated rings. The minimum absolute atomic E-state index is 0.193. The highest BCUT2D eigenvalue weighted by atomic mass is 32.2. The van der Waals surface area contributed by atoms with Gasteiger partial charge in [-0.1, -0.05) is 18.6 Å². The molecule has 1 saturated carbocycles. The zero-order chi connectivity index (χ0) is 31.4. The Labute approximate surface area is 252 Å². The van der Waals surface area contributed by atoms with Crippen LogP contribution in [0.3, 0.4) is 0 Å². The maximum atomic E-state index is 13.7. The van der Waals surface area contributed by atoms with E-state index in [1.165, 1.54) is 29.2 Å². The molecule has 3 N–H and O–H groups in total. The van der Waals surface area contributed by atoms with Crippen molar-refractivity contribution in [1.29, 1.82) is 5.26 Å². The van der Waals surface area contributed by atoms with E-state index in [-0.39, 0.29) is 23.4 Å². The summed E-state index contributed by atoms with van der Waals surface area (Å²) in [5.41, 5.74) is -1.80. The van der Waals surface area contributed by atoms with Gasteiger partial charge in [0.05, 0.1) is 16.5 Å². The van der Waals surface area contributed by atoms with Crippen LogP contribution in [0.5, 0.6) is 0 Å². The number of nitrogens with one attached hydrogen (secondary N) is 3. The predicted molar refractivity (Wildman–Crippen MR) is 156 cm³/mol. The molecule has 2 aliphatic heterocycles. The molecule has 0 spiro atoms. The van der Waals surface area contributed by atoms with Crippen molar-refractivity contribution in [3.05, 3.63) is 42.0 Å². The minimum atomic E-state index is -4.29. The number of allylic oxidation sites excluding steroid dienone is 1. The first-order chi connectivity index (χ1) is 20.3. The van der Waals surface area contributed by atoms with Crippen LogP contribution >= 0.6 is 0 Å². The molecule has 1 saturated heterocycles. The van der Waals surface area contributed by atoms with Gasteiger partial charge in [-0.05, 0) is 90.0 Å². The maximum absolute atomic E-state index is 13.7. The van der Waals surface area contributed by atoms with Gasteiger partial charge in [0.2, 0.25) is 5.91 Å². The number of carbonyl (C=O) groups is 4. The third-order valence-electron chi connectivity index (χ3n) is 7.83. The summed E-state index contributed by atoms with van der Waals surface area (Å²) in [6, 6.07) is 6.14. The van der Waals surface area contributed by atoms with E-state index in [2.05, 4.69) is 15.4 Å². The van der Waals surface area contributed by atoms with Gasteiger partial charge in [-0.3, -0.25) is 14.4 Å². The number of hydrogen-bond donors (Lipinski definition) is 3. The van der Waals surface area contributed by atoms with Crippen LogP contribution in [0.4, 0.5) is 4.79 Å². The zero-order valence-electron chi connectivity index (χ0n) is 24.7. The van der Waals surface area contributed by atoms with E-state index in [9.17, 15) is 27.6 Å². The smallest absolute Gasteiger partial charge is 0.408 e. The number of benzene rings is 1. The molecule has 0 bridgehead atoms. The number of alkyl carbamates (subject to hydrolysis) is 1. The molecule has 13 heteroatoms. The van der Waals surface area contributed by atoms with Crippen LogP contribution in [0.2, 0.25) is 0 Å². The Balaban J connectivity index is 1.56. The Kier molecular flexibility index (Phi) is 9.49. The number of amides is 4. The highest BCUT2D eigenvalue weighted by molar-refractivity contribution is 7.90. The van der Waals surface area contributed by atoms with Crippen molar-refractivity contribution >= 4 is 33.8 Å². The van der Waals surface area contributed by atoms with Crippen molar-refractivity contribution in [3.63, 3.8) is 0 Å². The lowest BCUT2D eigenvalue weighted by Gasteiger charge is -2.30. The number of nitrogens with zero attached hydrogens (tertiary/aromatic N) is 2. The molecule has 2 heterocycles. The number of nitriles is 1. The van der Waals surface area contributed by atoms with Crippen molar-refractivity contribution in [2.45, 2.75) is 100 Å². The standard InChI is InChI=1S/C30H39N5O7S/c1-29(2,3)33-28(39)42-24-12-8-6-4-5-7-10-21-18-30(21,32-25(36)23-11-9-17-35(23)26(24)37)27(38)34-43(40,41)22-15-13-20(19-31)14-16-22/h7,10,13-16,21,23-24H,4-6,8-9,11-12,17-18H2,1-3H3,(H,32,36)(H,33,39)(H,34,38)/t21-,23+,24+,30-/m1/s1. The lowest BCUT2D eigenvalue weighted by molar-refractivity contribution is -0.146. The van der Waals surface area contributed by atoms with Crippen molar-refractivity contribution < 1.29 is 32.3 Å². The highest BCUT2D eigenvalue weighted by Gasteiger charge is 2.61. The first-order valence-electron chi connectivity index (χ1n) is 14.6. The molecular formula is C30H39N5O7S. The van der Waals surface area contributed by atoms with Crippen molar-refractivity contribution in [2.24, 2.45) is 5.92 Å². The van der Waals surface area contributed by atoms with E-state index in [4.69, 9.17) is 10.00 Å². The molecule has 1 aliphatic carbocycles. The lowest BCUT2D eigenvalue weighted by Crippen LogP contribution is -2.57. The summed E-state index contributed by atoms with van der Waals surface area (Å²) in [6.45, 7) is 5.68. The summed E-state index contributed by atoms with van der Waals surface area (Å²) < 4.78 is 33.7. The van der Waals surface area contributed by atoms with Gasteiger partial charge in [-0.25, -0.2) is 17.9 Å². The average molecular weight is 614 g/mol. The summed E-state index contributed by atoms with van der Waals surface area (Å²) in [4.78, 5) is 54.6. The summed E-state index contributed by atoms with van der Waals surface area (Å²) in [6.07, 6.45) is 6.25. The van der Waals surface area contributed by atoms with Crippen molar-refractivity contribution in [2.75, 3.05) is 6.54 Å². The van der Waals surface area contributed by atoms with Gasteiger partial charge >= 0.3 is 6.09 Å². The summed E-state index contributed by atoms with van der Waals surface area (Å²) in [5.74, 6) is -2.34. The molecule has 1 aromatic carbocycles. The quantitative estimate of drug-likeness (QED) is 0.435. The first kappa shape index (κ1) is 32.0. The van der Waals surface area contributed by atoms with E-state index >= 15 is 0 Å². The second-order valence-corrected chi connectivity index (χ2v) is 14.0. The van der Waals surface area contributed by atoms with Gasteiger partial charge in [0.15, 0.2) is 6.10 Å². The van der Waals surface area contributed by atoms with Crippen LogP contribution in [0.1, 0.15) is 77.7 Å². The summed E-state index contributed by atoms with van der Waals surface area (Å²) in [7, 11) is -4.29. The van der Waals surface area contributed by atoms with E-state index in [0.717, 1.165) is 12.8 Å². The molecule has 0 radical (unpaired) electrons. The fraction of sp³-hybridized carbons (Fsp3) is 0.567. The van der Waals surface area contributed by atoms with Crippen LogP contribution in [0.15, 0.2) is 41.3 Å². The van der Waals surface area contributed by atoms with Gasteiger partial charge in [0.1, 0.15) is 11.6 Å². The number of rotatable bonds is 4. The molecule has 232 valence electrons. The molecule has 3 aliphatic rings. The summed E-state index contributed by atoms with van der Waals surface area (Å²) >= 11 is 0.